The molecule has 0 radical (unpaired) electrons. The van der Waals surface area contributed by atoms with E-state index in [-0.39, 0.29) is 5.82 Å². The van der Waals surface area contributed by atoms with Crippen LogP contribution in [-0.4, -0.2) is 30.1 Å². The van der Waals surface area contributed by atoms with Crippen LogP contribution in [0.15, 0.2) is 67.1 Å². The van der Waals surface area contributed by atoms with Crippen LogP contribution in [0.3, 0.4) is 0 Å². The molecule has 0 aliphatic rings. The van der Waals surface area contributed by atoms with Gasteiger partial charge >= 0.3 is 0 Å². The predicted octanol–water partition coefficient (Wildman–Crippen LogP) is 5.26. The Morgan fingerprint density at radius 1 is 0.970 bits per heavy atom. The monoisotopic (exact) mass is 435 g/mol. The molecule has 0 amide bonds. The van der Waals surface area contributed by atoms with E-state index in [9.17, 15) is 4.39 Å². The summed E-state index contributed by atoms with van der Waals surface area (Å²) >= 11 is 0. The summed E-state index contributed by atoms with van der Waals surface area (Å²) in [6, 6.07) is 14.5. The Hall–Kier alpha value is -4.59. The number of aromatic amines is 2. The standard InChI is InChI=1S/C25H18FN7/c1-13-6-14(8-16(26)7-13)18-4-5-29-25-19(18)10-22(31-25)24-23-21(32-33-24)3-2-20(30-23)15-9-17(27)12-28-11-15/h2-12H,27H2,1H3,(H,29,31)(H,32,33). The molecule has 6 rings (SSSR count). The zero-order valence-electron chi connectivity index (χ0n) is 17.6. The van der Waals surface area contributed by atoms with E-state index in [0.717, 1.165) is 44.5 Å². The third kappa shape index (κ3) is 3.28. The number of benzene rings is 1. The molecule has 7 nitrogen and oxygen atoms in total. The Balaban J connectivity index is 1.51. The summed E-state index contributed by atoms with van der Waals surface area (Å²) < 4.78 is 14.1. The molecule has 0 saturated heterocycles. The number of fused-ring (bicyclic) bond motifs is 2. The summed E-state index contributed by atoms with van der Waals surface area (Å²) in [5, 5.41) is 8.42. The van der Waals surface area contributed by atoms with Gasteiger partial charge in [-0.2, -0.15) is 5.10 Å². The van der Waals surface area contributed by atoms with Gasteiger partial charge in [-0.15, -0.1) is 0 Å². The normalized spacial score (nSPS) is 11.5. The van der Waals surface area contributed by atoms with E-state index in [1.807, 2.05) is 43.3 Å². The van der Waals surface area contributed by atoms with Gasteiger partial charge in [-0.05, 0) is 66.1 Å². The number of aryl methyl sites for hydroxylation is 1. The minimum atomic E-state index is -0.267. The zero-order valence-corrected chi connectivity index (χ0v) is 17.6. The molecule has 0 fully saturated rings. The average molecular weight is 435 g/mol. The molecule has 33 heavy (non-hydrogen) atoms. The van der Waals surface area contributed by atoms with Crippen molar-refractivity contribution in [3.63, 3.8) is 0 Å². The number of rotatable bonds is 3. The van der Waals surface area contributed by atoms with Crippen LogP contribution in [0.25, 0.3) is 55.8 Å². The smallest absolute Gasteiger partial charge is 0.138 e. The fourth-order valence-electron chi connectivity index (χ4n) is 4.14. The molecule has 0 aliphatic carbocycles. The molecule has 0 atom stereocenters. The molecule has 6 aromatic rings. The number of nitrogen functional groups attached to an aromatic ring is 1. The molecule has 0 spiro atoms. The fraction of sp³-hybridized carbons (Fsp3) is 0.0400. The summed E-state index contributed by atoms with van der Waals surface area (Å²) in [5.41, 5.74) is 14.2. The number of halogens is 1. The summed E-state index contributed by atoms with van der Waals surface area (Å²) in [4.78, 5) is 16.8. The molecule has 0 bridgehead atoms. The molecule has 0 aliphatic heterocycles. The number of nitrogens with zero attached hydrogens (tertiary/aromatic N) is 4. The van der Waals surface area contributed by atoms with Gasteiger partial charge in [-0.25, -0.2) is 14.4 Å². The number of aromatic nitrogens is 6. The Kier molecular flexibility index (Phi) is 4.19. The van der Waals surface area contributed by atoms with Crippen LogP contribution in [0, 0.1) is 12.7 Å². The van der Waals surface area contributed by atoms with E-state index >= 15 is 0 Å². The van der Waals surface area contributed by atoms with Crippen LogP contribution < -0.4 is 5.73 Å². The first-order chi connectivity index (χ1) is 16.0. The summed E-state index contributed by atoms with van der Waals surface area (Å²) in [6.45, 7) is 1.88. The lowest BCUT2D eigenvalue weighted by molar-refractivity contribution is 0.627. The van der Waals surface area contributed by atoms with Crippen molar-refractivity contribution in [2.45, 2.75) is 6.92 Å². The molecular formula is C25H18FN7. The first-order valence-corrected chi connectivity index (χ1v) is 10.4. The highest BCUT2D eigenvalue weighted by molar-refractivity contribution is 5.99. The van der Waals surface area contributed by atoms with Crippen molar-refractivity contribution in [3.8, 4) is 33.8 Å². The molecule has 1 aromatic carbocycles. The Morgan fingerprint density at radius 2 is 1.88 bits per heavy atom. The summed E-state index contributed by atoms with van der Waals surface area (Å²) in [7, 11) is 0. The third-order valence-electron chi connectivity index (χ3n) is 5.60. The van der Waals surface area contributed by atoms with Crippen LogP contribution in [-0.2, 0) is 0 Å². The van der Waals surface area contributed by atoms with Gasteiger partial charge in [0, 0.05) is 29.5 Å². The molecule has 0 saturated carbocycles. The molecular weight excluding hydrogens is 417 g/mol. The van der Waals surface area contributed by atoms with Gasteiger partial charge in [-0.1, -0.05) is 6.07 Å². The molecule has 160 valence electrons. The molecule has 5 aromatic heterocycles. The lowest BCUT2D eigenvalue weighted by Crippen LogP contribution is -1.90. The highest BCUT2D eigenvalue weighted by atomic mass is 19.1. The van der Waals surface area contributed by atoms with Crippen molar-refractivity contribution in [1.82, 2.24) is 30.1 Å². The van der Waals surface area contributed by atoms with E-state index in [2.05, 4.69) is 25.1 Å². The van der Waals surface area contributed by atoms with Gasteiger partial charge in [0.2, 0.25) is 0 Å². The van der Waals surface area contributed by atoms with Crippen LogP contribution in [0.5, 0.6) is 0 Å². The second-order valence-corrected chi connectivity index (χ2v) is 7.99. The van der Waals surface area contributed by atoms with E-state index in [0.29, 0.717) is 22.5 Å². The van der Waals surface area contributed by atoms with E-state index in [1.165, 1.54) is 12.1 Å². The van der Waals surface area contributed by atoms with Gasteiger partial charge < -0.3 is 10.7 Å². The molecule has 8 heteroatoms. The van der Waals surface area contributed by atoms with E-state index in [4.69, 9.17) is 10.7 Å². The Bertz CT molecular complexity index is 1640. The first kappa shape index (κ1) is 19.1. The SMILES string of the molecule is Cc1cc(F)cc(-c2ccnc3[nH]c(-c4n[nH]c5ccc(-c6cncc(N)c6)nc45)cc23)c1. The van der Waals surface area contributed by atoms with Gasteiger partial charge in [0.25, 0.3) is 0 Å². The van der Waals surface area contributed by atoms with Gasteiger partial charge in [0.15, 0.2) is 0 Å². The summed E-state index contributed by atoms with van der Waals surface area (Å²) in [5.74, 6) is -0.267. The minimum Gasteiger partial charge on any atom is -0.397 e. The highest BCUT2D eigenvalue weighted by Gasteiger charge is 2.16. The molecule has 0 unspecified atom stereocenters. The van der Waals surface area contributed by atoms with Crippen molar-refractivity contribution < 1.29 is 4.39 Å². The summed E-state index contributed by atoms with van der Waals surface area (Å²) in [6.07, 6.45) is 5.04. The highest BCUT2D eigenvalue weighted by Crippen LogP contribution is 2.34. The zero-order chi connectivity index (χ0) is 22.5. The second kappa shape index (κ2) is 7.23. The number of hydrogen-bond donors (Lipinski definition) is 3. The second-order valence-electron chi connectivity index (χ2n) is 7.99. The maximum Gasteiger partial charge on any atom is 0.138 e. The van der Waals surface area contributed by atoms with Crippen LogP contribution in [0.2, 0.25) is 0 Å². The van der Waals surface area contributed by atoms with Crippen molar-refractivity contribution >= 4 is 27.8 Å². The van der Waals surface area contributed by atoms with Crippen LogP contribution >= 0.6 is 0 Å². The molecule has 4 N–H and O–H groups in total. The van der Waals surface area contributed by atoms with Gasteiger partial charge in [0.05, 0.1) is 22.6 Å². The maximum atomic E-state index is 14.1. The number of hydrogen-bond acceptors (Lipinski definition) is 5. The van der Waals surface area contributed by atoms with Crippen LogP contribution in [0.4, 0.5) is 10.1 Å². The van der Waals surface area contributed by atoms with Gasteiger partial charge in [-0.3, -0.25) is 10.1 Å². The van der Waals surface area contributed by atoms with Crippen molar-refractivity contribution in [2.75, 3.05) is 5.73 Å². The predicted molar refractivity (Wildman–Crippen MR) is 127 cm³/mol. The van der Waals surface area contributed by atoms with Crippen molar-refractivity contribution in [3.05, 3.63) is 78.5 Å². The minimum absolute atomic E-state index is 0.267. The lowest BCUT2D eigenvalue weighted by atomic mass is 10.0. The maximum absolute atomic E-state index is 14.1. The van der Waals surface area contributed by atoms with Gasteiger partial charge in [0.1, 0.15) is 22.7 Å². The number of nitrogens with two attached hydrogens (primary N) is 1. The quantitative estimate of drug-likeness (QED) is 0.351. The topological polar surface area (TPSA) is 109 Å². The van der Waals surface area contributed by atoms with E-state index < -0.39 is 0 Å². The lowest BCUT2D eigenvalue weighted by Gasteiger charge is -2.05. The number of H-pyrrole nitrogens is 2. The van der Waals surface area contributed by atoms with Crippen molar-refractivity contribution in [2.24, 2.45) is 0 Å². The molecule has 5 heterocycles. The number of nitrogens with one attached hydrogen (secondary N) is 2. The first-order valence-electron chi connectivity index (χ1n) is 10.4. The largest absolute Gasteiger partial charge is 0.397 e. The fourth-order valence-corrected chi connectivity index (χ4v) is 4.14. The number of pyridine rings is 3. The Morgan fingerprint density at radius 3 is 2.73 bits per heavy atom. The van der Waals surface area contributed by atoms with E-state index in [1.54, 1.807) is 18.6 Å². The average Bonchev–Trinajstić information content (AvgIpc) is 3.41. The Labute approximate surface area is 187 Å². The van der Waals surface area contributed by atoms with Crippen molar-refractivity contribution in [1.29, 1.82) is 0 Å². The number of anilines is 1. The third-order valence-corrected chi connectivity index (χ3v) is 5.60. The van der Waals surface area contributed by atoms with Crippen LogP contribution in [0.1, 0.15) is 5.56 Å².